The molecule has 164 valence electrons. The number of hydrogen-bond acceptors (Lipinski definition) is 7. The van der Waals surface area contributed by atoms with Crippen LogP contribution in [0.1, 0.15) is 20.7 Å². The van der Waals surface area contributed by atoms with Crippen LogP contribution in [0.25, 0.3) is 33.9 Å². The molecule has 8 heteroatoms. The van der Waals surface area contributed by atoms with E-state index in [1.807, 2.05) is 36.4 Å². The zero-order valence-electron chi connectivity index (χ0n) is 17.8. The lowest BCUT2D eigenvalue weighted by Crippen LogP contribution is -2.03. The number of halogens is 1. The first kappa shape index (κ1) is 22.5. The number of rotatable bonds is 5. The van der Waals surface area contributed by atoms with E-state index < -0.39 is 11.9 Å². The minimum atomic E-state index is -0.458. The second-order valence-corrected chi connectivity index (χ2v) is 8.22. The van der Waals surface area contributed by atoms with Gasteiger partial charge in [-0.25, -0.2) is 14.6 Å². The summed E-state index contributed by atoms with van der Waals surface area (Å²) in [4.78, 5) is 37.6. The second-order valence-electron chi connectivity index (χ2n) is 6.98. The quantitative estimate of drug-likeness (QED) is 0.253. The average molecular weight is 551 g/mol. The zero-order chi connectivity index (χ0) is 23.4. The molecule has 0 saturated heterocycles. The van der Waals surface area contributed by atoms with Gasteiger partial charge in [-0.1, -0.05) is 12.1 Å². The summed E-state index contributed by atoms with van der Waals surface area (Å²) in [5.74, 6) is -0.916. The van der Waals surface area contributed by atoms with Crippen LogP contribution in [-0.2, 0) is 9.47 Å². The van der Waals surface area contributed by atoms with Crippen LogP contribution in [0.15, 0.2) is 73.1 Å². The number of nitrogens with zero attached hydrogens (tertiary/aromatic N) is 3. The van der Waals surface area contributed by atoms with Crippen molar-refractivity contribution >= 4 is 34.5 Å². The van der Waals surface area contributed by atoms with Crippen molar-refractivity contribution in [1.82, 2.24) is 15.0 Å². The summed E-state index contributed by atoms with van der Waals surface area (Å²) in [6, 6.07) is 18.3. The van der Waals surface area contributed by atoms with Gasteiger partial charge in [-0.05, 0) is 82.2 Å². The van der Waals surface area contributed by atoms with Crippen molar-refractivity contribution in [3.8, 4) is 33.9 Å². The van der Waals surface area contributed by atoms with E-state index in [-0.39, 0.29) is 0 Å². The van der Waals surface area contributed by atoms with Crippen molar-refractivity contribution in [2.45, 2.75) is 0 Å². The SMILES string of the molecule is COC(=O)c1ccnc(-c2cc(-c3ccc(I)cc3)cc(-c3cc(C(=O)OC)ccn3)n2)c1. The molecule has 0 spiro atoms. The number of aromatic nitrogens is 3. The van der Waals surface area contributed by atoms with Crippen LogP contribution in [0.3, 0.4) is 0 Å². The highest BCUT2D eigenvalue weighted by molar-refractivity contribution is 14.1. The molecule has 0 saturated carbocycles. The Kier molecular flexibility index (Phi) is 6.74. The Bertz CT molecular complexity index is 1260. The van der Waals surface area contributed by atoms with Gasteiger partial charge in [-0.15, -0.1) is 0 Å². The van der Waals surface area contributed by atoms with Gasteiger partial charge in [0.25, 0.3) is 0 Å². The van der Waals surface area contributed by atoms with Crippen LogP contribution in [-0.4, -0.2) is 41.1 Å². The fourth-order valence-corrected chi connectivity index (χ4v) is 3.59. The van der Waals surface area contributed by atoms with Crippen molar-refractivity contribution in [1.29, 1.82) is 0 Å². The highest BCUT2D eigenvalue weighted by atomic mass is 127. The molecule has 0 N–H and O–H groups in total. The Hall–Kier alpha value is -3.66. The molecule has 0 radical (unpaired) electrons. The van der Waals surface area contributed by atoms with Crippen LogP contribution in [0, 0.1) is 3.57 Å². The normalized spacial score (nSPS) is 10.5. The van der Waals surface area contributed by atoms with Crippen LogP contribution in [0.2, 0.25) is 0 Å². The van der Waals surface area contributed by atoms with E-state index in [1.165, 1.54) is 26.6 Å². The standard InChI is InChI=1S/C25H18IN3O4/c1-32-24(30)16-7-9-27-20(11-16)22-13-18(15-3-5-19(26)6-4-15)14-23(29-22)21-12-17(8-10-28-21)25(31)33-2/h3-14H,1-2H3. The maximum absolute atomic E-state index is 12.0. The molecular weight excluding hydrogens is 533 g/mol. The molecule has 3 aromatic heterocycles. The summed E-state index contributed by atoms with van der Waals surface area (Å²) in [5, 5.41) is 0. The summed E-state index contributed by atoms with van der Waals surface area (Å²) in [6.45, 7) is 0. The third kappa shape index (κ3) is 5.06. The average Bonchev–Trinajstić information content (AvgIpc) is 2.88. The smallest absolute Gasteiger partial charge is 0.337 e. The van der Waals surface area contributed by atoms with Crippen molar-refractivity contribution in [2.75, 3.05) is 14.2 Å². The molecule has 1 aromatic carbocycles. The van der Waals surface area contributed by atoms with Gasteiger partial charge in [0.15, 0.2) is 0 Å². The van der Waals surface area contributed by atoms with Crippen molar-refractivity contribution in [2.24, 2.45) is 0 Å². The van der Waals surface area contributed by atoms with Crippen molar-refractivity contribution < 1.29 is 19.1 Å². The Morgan fingerprint density at radius 2 is 1.15 bits per heavy atom. The maximum Gasteiger partial charge on any atom is 0.337 e. The molecule has 0 aliphatic rings. The molecule has 0 unspecified atom stereocenters. The Labute approximate surface area is 204 Å². The number of ether oxygens (including phenoxy) is 2. The van der Waals surface area contributed by atoms with Crippen molar-refractivity contribution in [3.05, 3.63) is 87.8 Å². The van der Waals surface area contributed by atoms with Crippen LogP contribution < -0.4 is 0 Å². The van der Waals surface area contributed by atoms with Gasteiger partial charge in [0.2, 0.25) is 0 Å². The fraction of sp³-hybridized carbons (Fsp3) is 0.0800. The molecule has 0 bridgehead atoms. The summed E-state index contributed by atoms with van der Waals surface area (Å²) in [6.07, 6.45) is 3.08. The lowest BCUT2D eigenvalue weighted by Gasteiger charge is -2.11. The number of carbonyl (C=O) groups excluding carboxylic acids is 2. The van der Waals surface area contributed by atoms with E-state index in [4.69, 9.17) is 14.5 Å². The summed E-state index contributed by atoms with van der Waals surface area (Å²) < 4.78 is 10.8. The molecule has 4 rings (SSSR count). The number of pyridine rings is 3. The molecule has 7 nitrogen and oxygen atoms in total. The highest BCUT2D eigenvalue weighted by Gasteiger charge is 2.15. The predicted octanol–water partition coefficient (Wildman–Crippen LogP) is 5.05. The van der Waals surface area contributed by atoms with Crippen molar-refractivity contribution in [3.63, 3.8) is 0 Å². The van der Waals surface area contributed by atoms with E-state index in [1.54, 1.807) is 24.3 Å². The molecule has 4 aromatic rings. The van der Waals surface area contributed by atoms with Crippen LogP contribution >= 0.6 is 22.6 Å². The van der Waals surface area contributed by atoms with Gasteiger partial charge in [0.1, 0.15) is 0 Å². The first-order chi connectivity index (χ1) is 16.0. The van der Waals surface area contributed by atoms with Gasteiger partial charge in [0.05, 0.1) is 48.1 Å². The topological polar surface area (TPSA) is 91.3 Å². The minimum Gasteiger partial charge on any atom is -0.465 e. The predicted molar refractivity (Wildman–Crippen MR) is 132 cm³/mol. The monoisotopic (exact) mass is 551 g/mol. The molecule has 0 aliphatic carbocycles. The number of benzene rings is 1. The van der Waals surface area contributed by atoms with E-state index >= 15 is 0 Å². The Balaban J connectivity index is 1.89. The van der Waals surface area contributed by atoms with E-state index in [9.17, 15) is 9.59 Å². The first-order valence-corrected chi connectivity index (χ1v) is 10.9. The molecule has 33 heavy (non-hydrogen) atoms. The Morgan fingerprint density at radius 3 is 1.61 bits per heavy atom. The number of hydrogen-bond donors (Lipinski definition) is 0. The molecule has 0 fully saturated rings. The third-order valence-electron chi connectivity index (χ3n) is 4.89. The lowest BCUT2D eigenvalue weighted by atomic mass is 10.0. The Morgan fingerprint density at radius 1 is 0.667 bits per heavy atom. The highest BCUT2D eigenvalue weighted by Crippen LogP contribution is 2.30. The maximum atomic E-state index is 12.0. The summed E-state index contributed by atoms with van der Waals surface area (Å²) in [7, 11) is 2.66. The molecule has 3 heterocycles. The molecule has 0 atom stereocenters. The van der Waals surface area contributed by atoms with E-state index in [0.717, 1.165) is 14.7 Å². The fourth-order valence-electron chi connectivity index (χ4n) is 3.23. The molecular formula is C25H18IN3O4. The van der Waals surface area contributed by atoms with Gasteiger partial charge < -0.3 is 9.47 Å². The molecule has 0 amide bonds. The second kappa shape index (κ2) is 9.86. The number of esters is 2. The van der Waals surface area contributed by atoms with Gasteiger partial charge in [0, 0.05) is 16.0 Å². The van der Waals surface area contributed by atoms with Crippen LogP contribution in [0.4, 0.5) is 0 Å². The number of methoxy groups -OCH3 is 2. The summed E-state index contributed by atoms with van der Waals surface area (Å²) >= 11 is 2.25. The third-order valence-corrected chi connectivity index (χ3v) is 5.61. The van der Waals surface area contributed by atoms with Crippen LogP contribution in [0.5, 0.6) is 0 Å². The molecule has 0 aliphatic heterocycles. The zero-order valence-corrected chi connectivity index (χ0v) is 19.9. The lowest BCUT2D eigenvalue weighted by molar-refractivity contribution is 0.0592. The summed E-state index contributed by atoms with van der Waals surface area (Å²) in [5.41, 5.74) is 4.74. The van der Waals surface area contributed by atoms with E-state index in [2.05, 4.69) is 32.6 Å². The largest absolute Gasteiger partial charge is 0.465 e. The number of carbonyl (C=O) groups is 2. The van der Waals surface area contributed by atoms with Gasteiger partial charge >= 0.3 is 11.9 Å². The van der Waals surface area contributed by atoms with Gasteiger partial charge in [-0.3, -0.25) is 9.97 Å². The first-order valence-electron chi connectivity index (χ1n) is 9.86. The van der Waals surface area contributed by atoms with E-state index in [0.29, 0.717) is 33.9 Å². The van der Waals surface area contributed by atoms with Gasteiger partial charge in [-0.2, -0.15) is 0 Å². The minimum absolute atomic E-state index is 0.372.